The third-order valence-electron chi connectivity index (χ3n) is 4.12. The third-order valence-corrected chi connectivity index (χ3v) is 4.42. The SMILES string of the molecule is CC1CCCC(n2c(=S)[nH]c3ccc(C#N)cc32)C1. The molecule has 1 aliphatic rings. The number of nitriles is 1. The smallest absolute Gasteiger partial charge is 0.178 e. The highest BCUT2D eigenvalue weighted by Gasteiger charge is 2.22. The summed E-state index contributed by atoms with van der Waals surface area (Å²) >= 11 is 5.48. The van der Waals surface area contributed by atoms with Gasteiger partial charge in [-0.15, -0.1) is 0 Å². The molecular formula is C15H17N3S. The summed E-state index contributed by atoms with van der Waals surface area (Å²) in [5.41, 5.74) is 2.80. The summed E-state index contributed by atoms with van der Waals surface area (Å²) in [6, 6.07) is 8.41. The van der Waals surface area contributed by atoms with Gasteiger partial charge in [0, 0.05) is 6.04 Å². The number of aromatic amines is 1. The summed E-state index contributed by atoms with van der Waals surface area (Å²) in [5.74, 6) is 0.754. The highest BCUT2D eigenvalue weighted by Crippen LogP contribution is 2.34. The molecule has 3 rings (SSSR count). The topological polar surface area (TPSA) is 44.5 Å². The normalized spacial score (nSPS) is 23.4. The summed E-state index contributed by atoms with van der Waals surface area (Å²) in [5, 5.41) is 9.05. The van der Waals surface area contributed by atoms with E-state index >= 15 is 0 Å². The van der Waals surface area contributed by atoms with Crippen molar-refractivity contribution in [3.05, 3.63) is 28.5 Å². The van der Waals surface area contributed by atoms with Crippen LogP contribution in [0.4, 0.5) is 0 Å². The van der Waals surface area contributed by atoms with E-state index in [0.29, 0.717) is 11.6 Å². The molecule has 0 saturated heterocycles. The van der Waals surface area contributed by atoms with E-state index in [4.69, 9.17) is 17.5 Å². The molecule has 0 radical (unpaired) electrons. The van der Waals surface area contributed by atoms with Gasteiger partial charge in [0.2, 0.25) is 0 Å². The number of nitrogens with one attached hydrogen (secondary N) is 1. The summed E-state index contributed by atoms with van der Waals surface area (Å²) < 4.78 is 3.01. The van der Waals surface area contributed by atoms with E-state index in [1.165, 1.54) is 25.7 Å². The summed E-state index contributed by atoms with van der Waals surface area (Å²) in [4.78, 5) is 3.26. The average molecular weight is 271 g/mol. The number of rotatable bonds is 1. The number of fused-ring (bicyclic) bond motifs is 1. The Bertz CT molecular complexity index is 704. The number of nitrogens with zero attached hydrogens (tertiary/aromatic N) is 2. The fourth-order valence-corrected chi connectivity index (χ4v) is 3.55. The Balaban J connectivity index is 2.14. The second kappa shape index (κ2) is 4.82. The Morgan fingerprint density at radius 2 is 2.26 bits per heavy atom. The number of hydrogen-bond donors (Lipinski definition) is 1. The van der Waals surface area contributed by atoms with Crippen molar-refractivity contribution in [2.45, 2.75) is 38.6 Å². The minimum absolute atomic E-state index is 0.471. The molecule has 0 bridgehead atoms. The first kappa shape index (κ1) is 12.4. The van der Waals surface area contributed by atoms with Crippen LogP contribution in [0.5, 0.6) is 0 Å². The van der Waals surface area contributed by atoms with Crippen LogP contribution in [0.1, 0.15) is 44.2 Å². The summed E-state index contributed by atoms with van der Waals surface area (Å²) in [6.07, 6.45) is 4.94. The van der Waals surface area contributed by atoms with Crippen LogP contribution in [0.15, 0.2) is 18.2 Å². The molecule has 2 unspecified atom stereocenters. The Morgan fingerprint density at radius 3 is 3.00 bits per heavy atom. The van der Waals surface area contributed by atoms with Crippen molar-refractivity contribution < 1.29 is 0 Å². The molecule has 2 aromatic rings. The van der Waals surface area contributed by atoms with Gasteiger partial charge in [0.05, 0.1) is 22.7 Å². The maximum absolute atomic E-state index is 9.05. The molecule has 4 heteroatoms. The van der Waals surface area contributed by atoms with Crippen LogP contribution in [-0.4, -0.2) is 9.55 Å². The van der Waals surface area contributed by atoms with Gasteiger partial charge in [-0.1, -0.05) is 19.8 Å². The van der Waals surface area contributed by atoms with Crippen molar-refractivity contribution in [2.75, 3.05) is 0 Å². The van der Waals surface area contributed by atoms with E-state index in [2.05, 4.69) is 22.5 Å². The molecule has 0 aliphatic heterocycles. The zero-order chi connectivity index (χ0) is 13.4. The Hall–Kier alpha value is -1.60. The minimum atomic E-state index is 0.471. The van der Waals surface area contributed by atoms with Crippen LogP contribution in [0, 0.1) is 22.0 Å². The van der Waals surface area contributed by atoms with Gasteiger partial charge in [0.1, 0.15) is 0 Å². The average Bonchev–Trinajstić information content (AvgIpc) is 2.73. The van der Waals surface area contributed by atoms with Crippen LogP contribution in [-0.2, 0) is 0 Å². The molecule has 3 nitrogen and oxygen atoms in total. The number of H-pyrrole nitrogens is 1. The van der Waals surface area contributed by atoms with E-state index in [1.54, 1.807) is 0 Å². The molecule has 1 aromatic heterocycles. The third kappa shape index (κ3) is 2.19. The van der Waals surface area contributed by atoms with Crippen LogP contribution < -0.4 is 0 Å². The monoisotopic (exact) mass is 271 g/mol. The first-order valence-electron chi connectivity index (χ1n) is 6.83. The molecule has 0 amide bonds. The lowest BCUT2D eigenvalue weighted by atomic mass is 9.87. The number of hydrogen-bond acceptors (Lipinski definition) is 2. The molecule has 1 fully saturated rings. The number of imidazole rings is 1. The predicted molar refractivity (Wildman–Crippen MR) is 78.5 cm³/mol. The molecule has 0 spiro atoms. The van der Waals surface area contributed by atoms with Gasteiger partial charge < -0.3 is 9.55 Å². The quantitative estimate of drug-likeness (QED) is 0.785. The van der Waals surface area contributed by atoms with Gasteiger partial charge >= 0.3 is 0 Å². The molecule has 1 aliphatic carbocycles. The lowest BCUT2D eigenvalue weighted by Gasteiger charge is -2.28. The standard InChI is InChI=1S/C15H17N3S/c1-10-3-2-4-12(7-10)18-14-8-11(9-16)5-6-13(14)17-15(18)19/h5-6,8,10,12H,2-4,7H2,1H3,(H,17,19). The first-order valence-corrected chi connectivity index (χ1v) is 7.24. The maximum atomic E-state index is 9.05. The van der Waals surface area contributed by atoms with Gasteiger partial charge in [-0.25, -0.2) is 0 Å². The van der Waals surface area contributed by atoms with Crippen molar-refractivity contribution in [1.29, 1.82) is 5.26 Å². The molecule has 1 saturated carbocycles. The van der Waals surface area contributed by atoms with Gasteiger partial charge in [-0.05, 0) is 49.2 Å². The molecule has 1 N–H and O–H groups in total. The highest BCUT2D eigenvalue weighted by atomic mass is 32.1. The van der Waals surface area contributed by atoms with Crippen molar-refractivity contribution >= 4 is 23.3 Å². The van der Waals surface area contributed by atoms with Gasteiger partial charge in [-0.3, -0.25) is 0 Å². The second-order valence-electron chi connectivity index (χ2n) is 5.57. The Labute approximate surface area is 117 Å². The number of benzene rings is 1. The minimum Gasteiger partial charge on any atom is -0.331 e. The highest BCUT2D eigenvalue weighted by molar-refractivity contribution is 7.71. The fraction of sp³-hybridized carbons (Fsp3) is 0.467. The van der Waals surface area contributed by atoms with Crippen molar-refractivity contribution in [3.8, 4) is 6.07 Å². The largest absolute Gasteiger partial charge is 0.331 e. The van der Waals surface area contributed by atoms with Crippen molar-refractivity contribution in [3.63, 3.8) is 0 Å². The summed E-state index contributed by atoms with van der Waals surface area (Å²) in [6.45, 7) is 2.31. The molecule has 1 heterocycles. The van der Waals surface area contributed by atoms with Gasteiger partial charge in [0.15, 0.2) is 4.77 Å². The van der Waals surface area contributed by atoms with Crippen LogP contribution in [0.2, 0.25) is 0 Å². The van der Waals surface area contributed by atoms with Crippen molar-refractivity contribution in [1.82, 2.24) is 9.55 Å². The zero-order valence-electron chi connectivity index (χ0n) is 11.0. The molecule has 1 aromatic carbocycles. The van der Waals surface area contributed by atoms with E-state index in [0.717, 1.165) is 21.7 Å². The summed E-state index contributed by atoms with van der Waals surface area (Å²) in [7, 11) is 0. The van der Waals surface area contributed by atoms with Crippen LogP contribution in [0.3, 0.4) is 0 Å². The molecule has 19 heavy (non-hydrogen) atoms. The fourth-order valence-electron chi connectivity index (χ4n) is 3.19. The van der Waals surface area contributed by atoms with E-state index < -0.39 is 0 Å². The van der Waals surface area contributed by atoms with Gasteiger partial charge in [-0.2, -0.15) is 5.26 Å². The van der Waals surface area contributed by atoms with Gasteiger partial charge in [0.25, 0.3) is 0 Å². The lowest BCUT2D eigenvalue weighted by Crippen LogP contribution is -2.17. The Kier molecular flexibility index (Phi) is 3.16. The zero-order valence-corrected chi connectivity index (χ0v) is 11.8. The predicted octanol–water partition coefficient (Wildman–Crippen LogP) is 4.32. The molecular weight excluding hydrogens is 254 g/mol. The van der Waals surface area contributed by atoms with E-state index in [1.807, 2.05) is 18.2 Å². The van der Waals surface area contributed by atoms with E-state index in [9.17, 15) is 0 Å². The molecule has 98 valence electrons. The first-order chi connectivity index (χ1) is 9.19. The Morgan fingerprint density at radius 1 is 1.42 bits per heavy atom. The molecule has 2 atom stereocenters. The maximum Gasteiger partial charge on any atom is 0.178 e. The number of aromatic nitrogens is 2. The van der Waals surface area contributed by atoms with Crippen LogP contribution in [0.25, 0.3) is 11.0 Å². The van der Waals surface area contributed by atoms with E-state index in [-0.39, 0.29) is 0 Å². The second-order valence-corrected chi connectivity index (χ2v) is 5.96. The lowest BCUT2D eigenvalue weighted by molar-refractivity contribution is 0.285. The van der Waals surface area contributed by atoms with Crippen LogP contribution >= 0.6 is 12.2 Å². The van der Waals surface area contributed by atoms with Crippen molar-refractivity contribution in [2.24, 2.45) is 5.92 Å².